The monoisotopic (exact) mass is 273 g/mol. The third-order valence-electron chi connectivity index (χ3n) is 2.91. The second kappa shape index (κ2) is 6.63. The van der Waals surface area contributed by atoms with E-state index in [1.807, 2.05) is 30.3 Å². The number of aromatic nitrogens is 1. The molecule has 1 atom stereocenters. The summed E-state index contributed by atoms with van der Waals surface area (Å²) in [5.74, 6) is 0.208. The molecule has 1 heterocycles. The van der Waals surface area contributed by atoms with Crippen LogP contribution in [0.15, 0.2) is 48.7 Å². The van der Waals surface area contributed by atoms with Gasteiger partial charge in [0, 0.05) is 18.9 Å². The van der Waals surface area contributed by atoms with Crippen LogP contribution in [0.5, 0.6) is 0 Å². The number of pyridine rings is 1. The molecule has 0 amide bonds. The Kier molecular flexibility index (Phi) is 4.62. The van der Waals surface area contributed by atoms with Gasteiger partial charge in [-0.2, -0.15) is 0 Å². The Labute approximate surface area is 116 Å². The predicted octanol–water partition coefficient (Wildman–Crippen LogP) is 2.53. The Hall–Kier alpha value is -2.47. The fraction of sp³-hybridized carbons (Fsp3) is 0.214. The van der Waals surface area contributed by atoms with E-state index in [9.17, 15) is 10.1 Å². The summed E-state index contributed by atoms with van der Waals surface area (Å²) in [6.45, 7) is -0.0206. The zero-order chi connectivity index (χ0) is 14.4. The number of aliphatic hydroxyl groups is 1. The highest BCUT2D eigenvalue weighted by Crippen LogP contribution is 2.27. The van der Waals surface area contributed by atoms with E-state index in [-0.39, 0.29) is 24.2 Å². The molecule has 2 N–H and O–H groups in total. The van der Waals surface area contributed by atoms with Crippen molar-refractivity contribution >= 4 is 11.5 Å². The lowest BCUT2D eigenvalue weighted by atomic mass is 10.0. The summed E-state index contributed by atoms with van der Waals surface area (Å²) in [6.07, 6.45) is 1.94. The fourth-order valence-corrected chi connectivity index (χ4v) is 1.96. The summed E-state index contributed by atoms with van der Waals surface area (Å²) in [5, 5.41) is 23.2. The Balaban J connectivity index is 2.27. The van der Waals surface area contributed by atoms with Crippen molar-refractivity contribution in [1.29, 1.82) is 0 Å². The van der Waals surface area contributed by atoms with Crippen LogP contribution < -0.4 is 5.32 Å². The Morgan fingerprint density at radius 2 is 2.00 bits per heavy atom. The van der Waals surface area contributed by atoms with Crippen LogP contribution in [0.4, 0.5) is 11.5 Å². The molecule has 0 fully saturated rings. The van der Waals surface area contributed by atoms with Crippen LogP contribution in [-0.4, -0.2) is 21.6 Å². The second-order valence-corrected chi connectivity index (χ2v) is 4.25. The maximum absolute atomic E-state index is 11.0. The number of benzene rings is 1. The van der Waals surface area contributed by atoms with Crippen LogP contribution in [0.2, 0.25) is 0 Å². The van der Waals surface area contributed by atoms with Crippen molar-refractivity contribution in [3.05, 3.63) is 64.3 Å². The van der Waals surface area contributed by atoms with Crippen LogP contribution in [0, 0.1) is 10.1 Å². The van der Waals surface area contributed by atoms with Gasteiger partial charge in [0.1, 0.15) is 0 Å². The fourth-order valence-electron chi connectivity index (χ4n) is 1.96. The van der Waals surface area contributed by atoms with E-state index in [0.717, 1.165) is 5.56 Å². The van der Waals surface area contributed by atoms with Crippen molar-refractivity contribution < 1.29 is 10.0 Å². The van der Waals surface area contributed by atoms with Gasteiger partial charge in [0.25, 0.3) is 0 Å². The highest BCUT2D eigenvalue weighted by molar-refractivity contribution is 5.56. The summed E-state index contributed by atoms with van der Waals surface area (Å²) < 4.78 is 0. The minimum absolute atomic E-state index is 0.0206. The third-order valence-corrected chi connectivity index (χ3v) is 2.91. The number of nitrogens with zero attached hydrogens (tertiary/aromatic N) is 2. The molecule has 0 aliphatic carbocycles. The van der Waals surface area contributed by atoms with Crippen molar-refractivity contribution in [2.24, 2.45) is 0 Å². The smallest absolute Gasteiger partial charge is 0.311 e. The number of aliphatic hydroxyl groups excluding tert-OH is 1. The molecule has 0 saturated carbocycles. The molecular formula is C14H15N3O3. The first-order chi connectivity index (χ1) is 9.72. The minimum atomic E-state index is -0.476. The van der Waals surface area contributed by atoms with Crippen molar-refractivity contribution in [3.8, 4) is 0 Å². The average Bonchev–Trinajstić information content (AvgIpc) is 2.48. The van der Waals surface area contributed by atoms with E-state index in [4.69, 9.17) is 5.11 Å². The Morgan fingerprint density at radius 1 is 1.25 bits per heavy atom. The highest BCUT2D eigenvalue weighted by atomic mass is 16.6. The normalized spacial score (nSPS) is 11.8. The molecule has 1 aromatic carbocycles. The van der Waals surface area contributed by atoms with E-state index in [1.165, 1.54) is 18.3 Å². The molecular weight excluding hydrogens is 258 g/mol. The average molecular weight is 273 g/mol. The van der Waals surface area contributed by atoms with Gasteiger partial charge >= 0.3 is 5.69 Å². The molecule has 1 aromatic heterocycles. The van der Waals surface area contributed by atoms with E-state index in [1.54, 1.807) is 0 Å². The van der Waals surface area contributed by atoms with Gasteiger partial charge in [0.05, 0.1) is 11.0 Å². The van der Waals surface area contributed by atoms with Crippen molar-refractivity contribution in [3.63, 3.8) is 0 Å². The number of hydrogen-bond acceptors (Lipinski definition) is 5. The zero-order valence-electron chi connectivity index (χ0n) is 10.8. The standard InChI is InChI=1S/C14H15N3O3/c18-10-8-12(11-5-2-1-3-6-11)16-14-13(17(19)20)7-4-9-15-14/h1-7,9,12,18H,8,10H2,(H,15,16)/t12-/m0/s1. The predicted molar refractivity (Wildman–Crippen MR) is 75.4 cm³/mol. The minimum Gasteiger partial charge on any atom is -0.396 e. The first-order valence-corrected chi connectivity index (χ1v) is 6.24. The largest absolute Gasteiger partial charge is 0.396 e. The van der Waals surface area contributed by atoms with Gasteiger partial charge in [-0.05, 0) is 18.1 Å². The first kappa shape index (κ1) is 14.0. The summed E-state index contributed by atoms with van der Waals surface area (Å²) in [7, 11) is 0. The van der Waals surface area contributed by atoms with Gasteiger partial charge in [0.2, 0.25) is 5.82 Å². The molecule has 0 bridgehead atoms. The molecule has 0 saturated heterocycles. The van der Waals surface area contributed by atoms with E-state index < -0.39 is 4.92 Å². The van der Waals surface area contributed by atoms with Gasteiger partial charge < -0.3 is 10.4 Å². The lowest BCUT2D eigenvalue weighted by molar-refractivity contribution is -0.384. The molecule has 0 radical (unpaired) electrons. The molecule has 2 aromatic rings. The van der Waals surface area contributed by atoms with Crippen molar-refractivity contribution in [2.45, 2.75) is 12.5 Å². The second-order valence-electron chi connectivity index (χ2n) is 4.25. The maximum Gasteiger partial charge on any atom is 0.311 e. The van der Waals surface area contributed by atoms with Crippen molar-refractivity contribution in [2.75, 3.05) is 11.9 Å². The molecule has 104 valence electrons. The Bertz CT molecular complexity index is 575. The number of rotatable bonds is 6. The SMILES string of the molecule is O=[N+]([O-])c1cccnc1N[C@@H](CCO)c1ccccc1. The summed E-state index contributed by atoms with van der Waals surface area (Å²) in [4.78, 5) is 14.5. The number of nitro groups is 1. The Morgan fingerprint density at radius 3 is 2.65 bits per heavy atom. The molecule has 0 unspecified atom stereocenters. The first-order valence-electron chi connectivity index (χ1n) is 6.24. The molecule has 2 rings (SSSR count). The van der Waals surface area contributed by atoms with Crippen molar-refractivity contribution in [1.82, 2.24) is 4.98 Å². The molecule has 0 aliphatic heterocycles. The number of anilines is 1. The van der Waals surface area contributed by atoms with Gasteiger partial charge in [0.15, 0.2) is 0 Å². The maximum atomic E-state index is 11.0. The highest BCUT2D eigenvalue weighted by Gasteiger charge is 2.18. The molecule has 0 aliphatic rings. The van der Waals surface area contributed by atoms with Crippen LogP contribution in [0.25, 0.3) is 0 Å². The number of nitrogens with one attached hydrogen (secondary N) is 1. The molecule has 6 heteroatoms. The van der Waals surface area contributed by atoms with Crippen LogP contribution in [0.3, 0.4) is 0 Å². The van der Waals surface area contributed by atoms with Crippen LogP contribution in [-0.2, 0) is 0 Å². The molecule has 20 heavy (non-hydrogen) atoms. The lowest BCUT2D eigenvalue weighted by Gasteiger charge is -2.18. The topological polar surface area (TPSA) is 88.3 Å². The summed E-state index contributed by atoms with van der Waals surface area (Å²) in [5.41, 5.74) is 0.868. The third kappa shape index (κ3) is 3.30. The van der Waals surface area contributed by atoms with Gasteiger partial charge in [-0.1, -0.05) is 30.3 Å². The number of hydrogen-bond donors (Lipinski definition) is 2. The van der Waals surface area contributed by atoms with E-state index in [2.05, 4.69) is 10.3 Å². The van der Waals surface area contributed by atoms with E-state index >= 15 is 0 Å². The quantitative estimate of drug-likeness (QED) is 0.623. The summed E-state index contributed by atoms with van der Waals surface area (Å²) >= 11 is 0. The van der Waals surface area contributed by atoms with E-state index in [0.29, 0.717) is 6.42 Å². The van der Waals surface area contributed by atoms with Crippen LogP contribution >= 0.6 is 0 Å². The van der Waals surface area contributed by atoms with Crippen LogP contribution in [0.1, 0.15) is 18.0 Å². The molecule has 0 spiro atoms. The van der Waals surface area contributed by atoms with Gasteiger partial charge in [-0.15, -0.1) is 0 Å². The lowest BCUT2D eigenvalue weighted by Crippen LogP contribution is -2.14. The summed E-state index contributed by atoms with van der Waals surface area (Å²) in [6, 6.07) is 12.2. The zero-order valence-corrected chi connectivity index (χ0v) is 10.8. The van der Waals surface area contributed by atoms with Gasteiger partial charge in [-0.25, -0.2) is 4.98 Å². The van der Waals surface area contributed by atoms with Gasteiger partial charge in [-0.3, -0.25) is 10.1 Å². The molecule has 6 nitrogen and oxygen atoms in total.